The van der Waals surface area contributed by atoms with Gasteiger partial charge >= 0.3 is 0 Å². The Hall–Kier alpha value is -1.27. The molecule has 0 fully saturated rings. The number of nitrogens with one attached hydrogen (secondary N) is 1. The summed E-state index contributed by atoms with van der Waals surface area (Å²) in [5.41, 5.74) is 0.204. The highest BCUT2D eigenvalue weighted by Gasteiger charge is 2.20. The van der Waals surface area contributed by atoms with Crippen LogP contribution in [0.2, 0.25) is 0 Å². The normalized spacial score (nSPS) is 11.5. The highest BCUT2D eigenvalue weighted by atomic mass is 32.2. The lowest BCUT2D eigenvalue weighted by Crippen LogP contribution is -2.25. The zero-order valence-corrected chi connectivity index (χ0v) is 11.2. The van der Waals surface area contributed by atoms with Crippen molar-refractivity contribution in [2.45, 2.75) is 31.6 Å². The average Bonchev–Trinajstić information content (AvgIpc) is 2.35. The molecular weight excluding hydrogens is 257 g/mol. The van der Waals surface area contributed by atoms with Gasteiger partial charge in [-0.25, -0.2) is 17.5 Å². The largest absolute Gasteiger partial charge is 0.294 e. The smallest absolute Gasteiger partial charge is 0.243 e. The van der Waals surface area contributed by atoms with Crippen molar-refractivity contribution in [2.24, 2.45) is 0 Å². The van der Waals surface area contributed by atoms with Gasteiger partial charge in [-0.15, -0.1) is 0 Å². The molecule has 0 aliphatic heterocycles. The third kappa shape index (κ3) is 3.36. The van der Waals surface area contributed by atoms with E-state index in [1.807, 2.05) is 0 Å². The fraction of sp³-hybridized carbons (Fsp3) is 0.417. The molecule has 1 aromatic carbocycles. The van der Waals surface area contributed by atoms with Crippen LogP contribution in [0.25, 0.3) is 0 Å². The Morgan fingerprint density at radius 3 is 2.56 bits per heavy atom. The van der Waals surface area contributed by atoms with Gasteiger partial charge in [0.2, 0.25) is 10.0 Å². The first-order valence-corrected chi connectivity index (χ1v) is 7.23. The molecule has 0 aliphatic rings. The van der Waals surface area contributed by atoms with Crippen molar-refractivity contribution in [3.8, 4) is 0 Å². The lowest BCUT2D eigenvalue weighted by molar-refractivity contribution is 0.0988. The first-order valence-electron chi connectivity index (χ1n) is 5.74. The van der Waals surface area contributed by atoms with E-state index < -0.39 is 20.7 Å². The van der Waals surface area contributed by atoms with Crippen molar-refractivity contribution < 1.29 is 17.6 Å². The topological polar surface area (TPSA) is 63.2 Å². The molecule has 100 valence electrons. The van der Waals surface area contributed by atoms with Crippen molar-refractivity contribution in [3.05, 3.63) is 29.6 Å². The second-order valence-electron chi connectivity index (χ2n) is 3.82. The Bertz CT molecular complexity index is 540. The molecule has 0 heterocycles. The predicted octanol–water partition coefficient (Wildman–Crippen LogP) is 2.11. The van der Waals surface area contributed by atoms with E-state index in [2.05, 4.69) is 4.72 Å². The molecule has 0 saturated heterocycles. The van der Waals surface area contributed by atoms with Gasteiger partial charge in [-0.2, -0.15) is 0 Å². The Kier molecular flexibility index (Phi) is 4.98. The van der Waals surface area contributed by atoms with Gasteiger partial charge in [0, 0.05) is 18.5 Å². The number of ketones is 1. The molecule has 0 radical (unpaired) electrons. The molecule has 0 aliphatic carbocycles. The molecule has 1 rings (SSSR count). The summed E-state index contributed by atoms with van der Waals surface area (Å²) in [7, 11) is -3.89. The molecule has 0 bridgehead atoms. The lowest BCUT2D eigenvalue weighted by atomic mass is 10.1. The van der Waals surface area contributed by atoms with Crippen molar-refractivity contribution in [3.63, 3.8) is 0 Å². The maximum absolute atomic E-state index is 13.5. The van der Waals surface area contributed by atoms with E-state index in [4.69, 9.17) is 0 Å². The van der Waals surface area contributed by atoms with E-state index in [1.54, 1.807) is 13.8 Å². The fourth-order valence-corrected chi connectivity index (χ4v) is 2.64. The van der Waals surface area contributed by atoms with Crippen LogP contribution in [0.1, 0.15) is 37.0 Å². The summed E-state index contributed by atoms with van der Waals surface area (Å²) in [6, 6.07) is 3.38. The molecule has 1 aromatic rings. The number of hydrogen-bond acceptors (Lipinski definition) is 3. The van der Waals surface area contributed by atoms with Crippen LogP contribution in [-0.4, -0.2) is 20.7 Å². The maximum atomic E-state index is 13.5. The van der Waals surface area contributed by atoms with Gasteiger partial charge in [-0.1, -0.05) is 13.8 Å². The molecule has 0 unspecified atom stereocenters. The number of halogens is 1. The molecule has 6 heteroatoms. The number of benzene rings is 1. The van der Waals surface area contributed by atoms with Crippen LogP contribution in [0, 0.1) is 5.82 Å². The van der Waals surface area contributed by atoms with Crippen LogP contribution < -0.4 is 4.72 Å². The standard InChI is InChI=1S/C12H16FNO3S/c1-3-7-14-18(16,17)12-8-9(11(15)4-2)5-6-10(12)13/h5-6,8,14H,3-4,7H2,1-2H3. The molecule has 0 amide bonds. The van der Waals surface area contributed by atoms with Crippen LogP contribution >= 0.6 is 0 Å². The van der Waals surface area contributed by atoms with Crippen molar-refractivity contribution >= 4 is 15.8 Å². The van der Waals surface area contributed by atoms with Gasteiger partial charge in [-0.05, 0) is 24.6 Å². The zero-order chi connectivity index (χ0) is 13.8. The first-order chi connectivity index (χ1) is 8.42. The zero-order valence-electron chi connectivity index (χ0n) is 10.4. The van der Waals surface area contributed by atoms with Crippen molar-refractivity contribution in [1.82, 2.24) is 4.72 Å². The van der Waals surface area contributed by atoms with E-state index in [1.165, 1.54) is 6.07 Å². The number of carbonyl (C=O) groups excluding carboxylic acids is 1. The first kappa shape index (κ1) is 14.8. The molecule has 1 N–H and O–H groups in total. The van der Waals surface area contributed by atoms with E-state index >= 15 is 0 Å². The van der Waals surface area contributed by atoms with Crippen LogP contribution in [-0.2, 0) is 10.0 Å². The lowest BCUT2D eigenvalue weighted by Gasteiger charge is -2.08. The predicted molar refractivity (Wildman–Crippen MR) is 66.5 cm³/mol. The van der Waals surface area contributed by atoms with E-state index in [9.17, 15) is 17.6 Å². The molecule has 4 nitrogen and oxygen atoms in total. The number of hydrogen-bond donors (Lipinski definition) is 1. The summed E-state index contributed by atoms with van der Waals surface area (Å²) < 4.78 is 39.4. The highest BCUT2D eigenvalue weighted by Crippen LogP contribution is 2.17. The third-order valence-electron chi connectivity index (χ3n) is 2.41. The second-order valence-corrected chi connectivity index (χ2v) is 5.56. The number of rotatable bonds is 6. The summed E-state index contributed by atoms with van der Waals surface area (Å²) in [6.45, 7) is 3.69. The van der Waals surface area contributed by atoms with E-state index in [-0.39, 0.29) is 24.3 Å². The Balaban J connectivity index is 3.19. The second kappa shape index (κ2) is 6.06. The fourth-order valence-electron chi connectivity index (χ4n) is 1.40. The molecule has 0 spiro atoms. The van der Waals surface area contributed by atoms with Crippen LogP contribution in [0.4, 0.5) is 4.39 Å². The van der Waals surface area contributed by atoms with Crippen molar-refractivity contribution in [2.75, 3.05) is 6.54 Å². The Morgan fingerprint density at radius 2 is 2.00 bits per heavy atom. The summed E-state index contributed by atoms with van der Waals surface area (Å²) in [4.78, 5) is 11.0. The number of Topliss-reactive ketones (excluding diaryl/α,β-unsaturated/α-hetero) is 1. The maximum Gasteiger partial charge on any atom is 0.243 e. The molecular formula is C12H16FNO3S. The Labute approximate surface area is 106 Å². The average molecular weight is 273 g/mol. The third-order valence-corrected chi connectivity index (χ3v) is 3.88. The Morgan fingerprint density at radius 1 is 1.33 bits per heavy atom. The van der Waals surface area contributed by atoms with Crippen LogP contribution in [0.5, 0.6) is 0 Å². The van der Waals surface area contributed by atoms with Gasteiger partial charge in [-0.3, -0.25) is 4.79 Å². The summed E-state index contributed by atoms with van der Waals surface area (Å²) in [5.74, 6) is -1.08. The highest BCUT2D eigenvalue weighted by molar-refractivity contribution is 7.89. The summed E-state index contributed by atoms with van der Waals surface area (Å²) in [6.07, 6.45) is 0.849. The molecule has 18 heavy (non-hydrogen) atoms. The SMILES string of the molecule is CCCNS(=O)(=O)c1cc(C(=O)CC)ccc1F. The quantitative estimate of drug-likeness (QED) is 0.807. The minimum Gasteiger partial charge on any atom is -0.294 e. The van der Waals surface area contributed by atoms with Gasteiger partial charge in [0.1, 0.15) is 10.7 Å². The monoisotopic (exact) mass is 273 g/mol. The van der Waals surface area contributed by atoms with Gasteiger partial charge in [0.05, 0.1) is 0 Å². The summed E-state index contributed by atoms with van der Waals surface area (Å²) >= 11 is 0. The molecule has 0 atom stereocenters. The number of carbonyl (C=O) groups is 1. The van der Waals surface area contributed by atoms with Crippen molar-refractivity contribution in [1.29, 1.82) is 0 Å². The minimum absolute atomic E-state index is 0.204. The van der Waals surface area contributed by atoms with Gasteiger partial charge in [0.15, 0.2) is 5.78 Å². The van der Waals surface area contributed by atoms with Crippen LogP contribution in [0.15, 0.2) is 23.1 Å². The van der Waals surface area contributed by atoms with Gasteiger partial charge < -0.3 is 0 Å². The molecule has 0 saturated carbocycles. The number of sulfonamides is 1. The van der Waals surface area contributed by atoms with E-state index in [0.717, 1.165) is 12.1 Å². The minimum atomic E-state index is -3.89. The van der Waals surface area contributed by atoms with Gasteiger partial charge in [0.25, 0.3) is 0 Å². The van der Waals surface area contributed by atoms with Crippen LogP contribution in [0.3, 0.4) is 0 Å². The molecule has 0 aromatic heterocycles. The summed E-state index contributed by atoms with van der Waals surface area (Å²) in [5, 5.41) is 0. The van der Waals surface area contributed by atoms with E-state index in [0.29, 0.717) is 6.42 Å².